The number of carbonyl (C=O) groups excluding carboxylic acids is 1. The van der Waals surface area contributed by atoms with Crippen LogP contribution in [0.5, 0.6) is 0 Å². The minimum Gasteiger partial charge on any atom is -0.451 e. The van der Waals surface area contributed by atoms with Gasteiger partial charge >= 0.3 is 6.18 Å². The molecule has 1 amide bonds. The minimum atomic E-state index is -4.42. The predicted octanol–water partition coefficient (Wildman–Crippen LogP) is 4.40. The molecule has 7 heteroatoms. The van der Waals surface area contributed by atoms with Crippen LogP contribution in [0.3, 0.4) is 0 Å². The first-order valence-electron chi connectivity index (χ1n) is 8.97. The van der Waals surface area contributed by atoms with E-state index < -0.39 is 11.7 Å². The number of nitrogens with zero attached hydrogens (tertiary/aromatic N) is 2. The summed E-state index contributed by atoms with van der Waals surface area (Å²) in [7, 11) is 0. The Hall–Kier alpha value is -2.02. The van der Waals surface area contributed by atoms with Gasteiger partial charge in [-0.05, 0) is 50.2 Å². The Balaban J connectivity index is 1.82. The van der Waals surface area contributed by atoms with E-state index in [9.17, 15) is 18.0 Å². The molecular weight excluding hydrogens is 345 g/mol. The zero-order chi connectivity index (χ0) is 18.9. The lowest BCUT2D eigenvalue weighted by atomic mass is 10.1. The van der Waals surface area contributed by atoms with Crippen molar-refractivity contribution >= 4 is 16.9 Å². The average molecular weight is 368 g/mol. The first-order chi connectivity index (χ1) is 12.3. The zero-order valence-electron chi connectivity index (χ0n) is 15.0. The number of fused-ring (bicyclic) bond motifs is 1. The van der Waals surface area contributed by atoms with Crippen LogP contribution in [0.4, 0.5) is 13.2 Å². The number of hydrogen-bond acceptors (Lipinski definition) is 3. The molecule has 3 rings (SSSR count). The number of furan rings is 1. The van der Waals surface area contributed by atoms with Crippen molar-refractivity contribution in [3.8, 4) is 0 Å². The number of hydrogen-bond donors (Lipinski definition) is 0. The van der Waals surface area contributed by atoms with Gasteiger partial charge in [0.05, 0.1) is 5.56 Å². The van der Waals surface area contributed by atoms with Crippen LogP contribution in [-0.4, -0.2) is 47.9 Å². The van der Waals surface area contributed by atoms with E-state index in [0.717, 1.165) is 44.6 Å². The van der Waals surface area contributed by atoms with Gasteiger partial charge < -0.3 is 14.2 Å². The van der Waals surface area contributed by atoms with E-state index in [0.29, 0.717) is 17.5 Å². The Kier molecular flexibility index (Phi) is 5.27. The maximum atomic E-state index is 12.9. The van der Waals surface area contributed by atoms with Crippen LogP contribution in [0.2, 0.25) is 0 Å². The molecule has 1 saturated heterocycles. The lowest BCUT2D eigenvalue weighted by Gasteiger charge is -2.29. The largest absolute Gasteiger partial charge is 0.451 e. The van der Waals surface area contributed by atoms with Crippen LogP contribution in [0.25, 0.3) is 11.0 Å². The summed E-state index contributed by atoms with van der Waals surface area (Å²) in [6.07, 6.45) is -2.56. The van der Waals surface area contributed by atoms with Crippen LogP contribution >= 0.6 is 0 Å². The summed E-state index contributed by atoms with van der Waals surface area (Å²) in [4.78, 5) is 16.9. The monoisotopic (exact) mass is 368 g/mol. The molecule has 2 heterocycles. The molecule has 1 aliphatic heterocycles. The Labute approximate surface area is 150 Å². The number of rotatable bonds is 5. The van der Waals surface area contributed by atoms with Gasteiger partial charge in [-0.3, -0.25) is 4.79 Å². The number of likely N-dealkylation sites (N-methyl/N-ethyl adjacent to an activating group) is 1. The summed E-state index contributed by atoms with van der Waals surface area (Å²) in [5.41, 5.74) is -0.453. The second-order valence-corrected chi connectivity index (χ2v) is 6.64. The fraction of sp³-hybridized carbons (Fsp3) is 0.526. The minimum absolute atomic E-state index is 0.103. The van der Waals surface area contributed by atoms with Crippen molar-refractivity contribution in [1.82, 2.24) is 9.80 Å². The van der Waals surface area contributed by atoms with E-state index in [1.165, 1.54) is 12.1 Å². The van der Waals surface area contributed by atoms with E-state index in [-0.39, 0.29) is 17.7 Å². The molecule has 1 unspecified atom stereocenters. The highest BCUT2D eigenvalue weighted by molar-refractivity contribution is 5.96. The van der Waals surface area contributed by atoms with Gasteiger partial charge in [0.15, 0.2) is 5.76 Å². The van der Waals surface area contributed by atoms with Crippen molar-refractivity contribution in [3.05, 3.63) is 35.6 Å². The average Bonchev–Trinajstić information content (AvgIpc) is 3.24. The van der Waals surface area contributed by atoms with Crippen molar-refractivity contribution in [2.45, 2.75) is 38.9 Å². The summed E-state index contributed by atoms with van der Waals surface area (Å²) >= 11 is 0. The van der Waals surface area contributed by atoms with E-state index >= 15 is 0 Å². The molecule has 142 valence electrons. The standard InChI is InChI=1S/C19H23F3N2O2/c1-3-23(4-2)12-15-6-5-9-24(15)18(25)17-11-13-10-14(19(20,21)22)7-8-16(13)26-17/h7-8,10-11,15H,3-6,9,12H2,1-2H3. The first-order valence-corrected chi connectivity index (χ1v) is 8.97. The van der Waals surface area contributed by atoms with Crippen molar-refractivity contribution < 1.29 is 22.4 Å². The Morgan fingerprint density at radius 2 is 2.00 bits per heavy atom. The molecule has 0 saturated carbocycles. The van der Waals surface area contributed by atoms with Crippen LogP contribution in [0.15, 0.2) is 28.7 Å². The van der Waals surface area contributed by atoms with Gasteiger partial charge in [0.25, 0.3) is 5.91 Å². The number of halogens is 3. The number of likely N-dealkylation sites (tertiary alicyclic amines) is 1. The predicted molar refractivity (Wildman–Crippen MR) is 93.1 cm³/mol. The maximum Gasteiger partial charge on any atom is 0.416 e. The van der Waals surface area contributed by atoms with Crippen LogP contribution in [-0.2, 0) is 6.18 Å². The van der Waals surface area contributed by atoms with E-state index in [2.05, 4.69) is 18.7 Å². The summed E-state index contributed by atoms with van der Waals surface area (Å²) in [6.45, 7) is 7.46. The van der Waals surface area contributed by atoms with E-state index in [1.54, 1.807) is 4.90 Å². The fourth-order valence-electron chi connectivity index (χ4n) is 3.54. The summed E-state index contributed by atoms with van der Waals surface area (Å²) < 4.78 is 44.1. The van der Waals surface area contributed by atoms with Gasteiger partial charge in [0.1, 0.15) is 5.58 Å². The maximum absolute atomic E-state index is 12.9. The van der Waals surface area contributed by atoms with Gasteiger partial charge in [0, 0.05) is 24.5 Å². The molecule has 4 nitrogen and oxygen atoms in total. The molecule has 0 N–H and O–H groups in total. The molecular formula is C19H23F3N2O2. The van der Waals surface area contributed by atoms with Gasteiger partial charge in [0.2, 0.25) is 0 Å². The van der Waals surface area contributed by atoms with Crippen molar-refractivity contribution in [3.63, 3.8) is 0 Å². The molecule has 1 aromatic carbocycles. The molecule has 1 aliphatic rings. The van der Waals surface area contributed by atoms with Crippen molar-refractivity contribution in [1.29, 1.82) is 0 Å². The topological polar surface area (TPSA) is 36.7 Å². The molecule has 2 aromatic rings. The van der Waals surface area contributed by atoms with Crippen molar-refractivity contribution in [2.24, 2.45) is 0 Å². The summed E-state index contributed by atoms with van der Waals surface area (Å²) in [5.74, 6) is -0.143. The number of amides is 1. The van der Waals surface area contributed by atoms with E-state index in [4.69, 9.17) is 4.42 Å². The number of alkyl halides is 3. The highest BCUT2D eigenvalue weighted by Crippen LogP contribution is 2.33. The molecule has 1 atom stereocenters. The lowest BCUT2D eigenvalue weighted by Crippen LogP contribution is -2.43. The third-order valence-electron chi connectivity index (χ3n) is 5.06. The van der Waals surface area contributed by atoms with Crippen molar-refractivity contribution in [2.75, 3.05) is 26.2 Å². The van der Waals surface area contributed by atoms with E-state index in [1.807, 2.05) is 0 Å². The summed E-state index contributed by atoms with van der Waals surface area (Å²) in [5, 5.41) is 0.294. The third-order valence-corrected chi connectivity index (χ3v) is 5.06. The lowest BCUT2D eigenvalue weighted by molar-refractivity contribution is -0.137. The molecule has 0 spiro atoms. The van der Waals surface area contributed by atoms with Gasteiger partial charge in [-0.15, -0.1) is 0 Å². The number of benzene rings is 1. The first kappa shape index (κ1) is 18.8. The quantitative estimate of drug-likeness (QED) is 0.785. The van der Waals surface area contributed by atoms with Crippen LogP contribution in [0.1, 0.15) is 42.8 Å². The SMILES string of the molecule is CCN(CC)CC1CCCN1C(=O)c1cc2cc(C(F)(F)F)ccc2o1. The Morgan fingerprint density at radius 3 is 2.65 bits per heavy atom. The van der Waals surface area contributed by atoms with Crippen LogP contribution < -0.4 is 0 Å². The Bertz CT molecular complexity index is 781. The smallest absolute Gasteiger partial charge is 0.416 e. The molecule has 26 heavy (non-hydrogen) atoms. The molecule has 0 bridgehead atoms. The highest BCUT2D eigenvalue weighted by atomic mass is 19.4. The third kappa shape index (κ3) is 3.72. The molecule has 1 aromatic heterocycles. The Morgan fingerprint density at radius 1 is 1.27 bits per heavy atom. The van der Waals surface area contributed by atoms with Gasteiger partial charge in [-0.1, -0.05) is 13.8 Å². The normalized spacial score (nSPS) is 18.2. The van der Waals surface area contributed by atoms with Gasteiger partial charge in [-0.25, -0.2) is 0 Å². The number of carbonyl (C=O) groups is 1. The molecule has 0 aliphatic carbocycles. The summed E-state index contributed by atoms with van der Waals surface area (Å²) in [6, 6.07) is 4.79. The highest BCUT2D eigenvalue weighted by Gasteiger charge is 2.33. The van der Waals surface area contributed by atoms with Crippen LogP contribution in [0, 0.1) is 0 Å². The second kappa shape index (κ2) is 7.31. The second-order valence-electron chi connectivity index (χ2n) is 6.64. The van der Waals surface area contributed by atoms with Gasteiger partial charge in [-0.2, -0.15) is 13.2 Å². The molecule has 0 radical (unpaired) electrons. The molecule has 1 fully saturated rings. The fourth-order valence-corrected chi connectivity index (χ4v) is 3.54. The zero-order valence-corrected chi connectivity index (χ0v) is 15.0.